The number of rotatable bonds is 21. The predicted molar refractivity (Wildman–Crippen MR) is 318 cm³/mol. The van der Waals surface area contributed by atoms with Crippen molar-refractivity contribution in [2.45, 2.75) is 141 Å². The summed E-state index contributed by atoms with van der Waals surface area (Å²) in [6, 6.07) is 9.95. The lowest BCUT2D eigenvalue weighted by atomic mass is 9.82. The van der Waals surface area contributed by atoms with Gasteiger partial charge < -0.3 is 61.1 Å². The number of hydrogen-bond donors (Lipinski definition) is 6. The normalized spacial score (nSPS) is 25.1. The van der Waals surface area contributed by atoms with Crippen molar-refractivity contribution >= 4 is 46.9 Å². The first kappa shape index (κ1) is 61.0. The molecule has 6 aliphatic heterocycles. The van der Waals surface area contributed by atoms with E-state index in [9.17, 15) is 24.0 Å². The summed E-state index contributed by atoms with van der Waals surface area (Å²) in [5.74, 6) is -0.708. The van der Waals surface area contributed by atoms with E-state index in [1.165, 1.54) is 22.6 Å². The van der Waals surface area contributed by atoms with Crippen molar-refractivity contribution in [1.29, 1.82) is 0 Å². The summed E-state index contributed by atoms with van der Waals surface area (Å²) in [5, 5.41) is 18.7. The number of ether oxygens (including phenoxy) is 1. The molecule has 7 heterocycles. The zero-order chi connectivity index (χ0) is 59.2. The van der Waals surface area contributed by atoms with Gasteiger partial charge in [0.2, 0.25) is 29.5 Å². The van der Waals surface area contributed by atoms with Crippen LogP contribution in [0.4, 0.5) is 26.1 Å². The third kappa shape index (κ3) is 14.9. The van der Waals surface area contributed by atoms with E-state index < -0.39 is 41.3 Å². The summed E-state index contributed by atoms with van der Waals surface area (Å²) in [6.07, 6.45) is 10.3. The fourth-order valence-electron chi connectivity index (χ4n) is 14.0. The molecular formula is C62H90F2N14O6. The van der Waals surface area contributed by atoms with Gasteiger partial charge in [0.05, 0.1) is 43.1 Å². The van der Waals surface area contributed by atoms with Crippen LogP contribution in [0.25, 0.3) is 0 Å². The van der Waals surface area contributed by atoms with Gasteiger partial charge in [0.25, 0.3) is 0 Å². The first-order chi connectivity index (χ1) is 40.3. The van der Waals surface area contributed by atoms with Gasteiger partial charge in [-0.2, -0.15) is 0 Å². The number of aryl methyl sites for hydroxylation is 1. The average molecular weight is 1170 g/mol. The number of piperazine rings is 1. The molecule has 5 amide bonds. The molecule has 0 saturated carbocycles. The number of carbonyl (C=O) groups excluding carboxylic acids is 5. The maximum absolute atomic E-state index is 15.8. The van der Waals surface area contributed by atoms with Crippen molar-refractivity contribution < 1.29 is 37.5 Å². The Hall–Kier alpha value is -6.07. The molecule has 6 atom stereocenters. The van der Waals surface area contributed by atoms with Gasteiger partial charge in [-0.15, -0.1) is 0 Å². The van der Waals surface area contributed by atoms with Crippen molar-refractivity contribution in [3.63, 3.8) is 0 Å². The second-order valence-corrected chi connectivity index (χ2v) is 26.0. The molecule has 84 heavy (non-hydrogen) atoms. The van der Waals surface area contributed by atoms with E-state index in [1.54, 1.807) is 32.1 Å². The lowest BCUT2D eigenvalue weighted by Gasteiger charge is -2.48. The number of nitrogens with one attached hydrogen (secondary N) is 6. The van der Waals surface area contributed by atoms with Crippen molar-refractivity contribution in [3.05, 3.63) is 77.1 Å². The molecular weight excluding hydrogens is 1070 g/mol. The monoisotopic (exact) mass is 1160 g/mol. The van der Waals surface area contributed by atoms with Crippen molar-refractivity contribution in [1.82, 2.24) is 56.2 Å². The van der Waals surface area contributed by atoms with Crippen LogP contribution in [0.3, 0.4) is 0 Å². The highest BCUT2D eigenvalue weighted by Crippen LogP contribution is 2.40. The average Bonchev–Trinajstić information content (AvgIpc) is 1.65. The minimum atomic E-state index is -0.859. The second kappa shape index (κ2) is 26.7. The summed E-state index contributed by atoms with van der Waals surface area (Å²) >= 11 is 0. The maximum Gasteiger partial charge on any atom is 0.245 e. The number of hydrogen-bond acceptors (Lipinski definition) is 15. The van der Waals surface area contributed by atoms with Gasteiger partial charge in [-0.3, -0.25) is 28.9 Å². The Morgan fingerprint density at radius 3 is 2.32 bits per heavy atom. The highest BCUT2D eigenvalue weighted by molar-refractivity contribution is 5.93. The smallest absolute Gasteiger partial charge is 0.245 e. The summed E-state index contributed by atoms with van der Waals surface area (Å²) < 4.78 is 37.4. The number of anilines is 3. The number of nitrogens with zero attached hydrogens (tertiary/aromatic N) is 8. The maximum atomic E-state index is 15.8. The van der Waals surface area contributed by atoms with E-state index in [-0.39, 0.29) is 71.6 Å². The molecule has 458 valence electrons. The van der Waals surface area contributed by atoms with Gasteiger partial charge in [0.1, 0.15) is 41.7 Å². The van der Waals surface area contributed by atoms with E-state index in [0.29, 0.717) is 83.1 Å². The van der Waals surface area contributed by atoms with Crippen LogP contribution < -0.4 is 41.7 Å². The predicted octanol–water partition coefficient (Wildman–Crippen LogP) is 3.96. The number of amides is 5. The summed E-state index contributed by atoms with van der Waals surface area (Å²) in [4.78, 5) is 88.9. The first-order valence-electron chi connectivity index (χ1n) is 30.9. The molecule has 2 aromatic carbocycles. The Kier molecular flexibility index (Phi) is 19.4. The SMILES string of the molecule is CN[C@@H](C)C(=O)N[C@@H](C)C(=O)N1CC(NC(=O)CCN2CC[C@]3(CCN(CCOCCNc4cc(N5CCC6(CC5)CN(c5cc(F)c(CN7CCC(C)(C)CC7)cc5F)CC(=O)N6)ncn4)C3)C2)C[C@H]1C(=O)N[C@H]1CCCc2ccccc21. The Morgan fingerprint density at radius 2 is 1.56 bits per heavy atom. The molecule has 1 unspecified atom stereocenters. The van der Waals surface area contributed by atoms with Crippen LogP contribution in [0, 0.1) is 22.5 Å². The molecule has 6 N–H and O–H groups in total. The molecule has 10 rings (SSSR count). The minimum Gasteiger partial charge on any atom is -0.378 e. The van der Waals surface area contributed by atoms with E-state index >= 15 is 8.78 Å². The number of piperidine rings is 2. The lowest BCUT2D eigenvalue weighted by molar-refractivity contribution is -0.141. The number of likely N-dealkylation sites (N-methyl/N-ethyl adjacent to an activating group) is 1. The highest BCUT2D eigenvalue weighted by Gasteiger charge is 2.46. The van der Waals surface area contributed by atoms with Crippen LogP contribution in [-0.2, 0) is 41.7 Å². The largest absolute Gasteiger partial charge is 0.378 e. The Bertz CT molecular complexity index is 2830. The zero-order valence-electron chi connectivity index (χ0n) is 50.1. The fourth-order valence-corrected chi connectivity index (χ4v) is 14.0. The van der Waals surface area contributed by atoms with E-state index in [1.807, 2.05) is 18.2 Å². The third-order valence-electron chi connectivity index (χ3n) is 19.3. The van der Waals surface area contributed by atoms with Gasteiger partial charge in [-0.1, -0.05) is 38.1 Å². The number of carbonyl (C=O) groups is 5. The number of halogens is 2. The van der Waals surface area contributed by atoms with Crippen LogP contribution in [0.1, 0.15) is 115 Å². The summed E-state index contributed by atoms with van der Waals surface area (Å²) in [6.45, 7) is 18.7. The molecule has 1 aromatic heterocycles. The molecule has 3 aromatic rings. The third-order valence-corrected chi connectivity index (χ3v) is 19.3. The lowest BCUT2D eigenvalue weighted by Crippen LogP contribution is -2.66. The number of benzene rings is 2. The van der Waals surface area contributed by atoms with Crippen molar-refractivity contribution in [2.75, 3.05) is 127 Å². The fraction of sp³-hybridized carbons (Fsp3) is 0.661. The zero-order valence-corrected chi connectivity index (χ0v) is 50.1. The Morgan fingerprint density at radius 1 is 0.821 bits per heavy atom. The molecule has 22 heteroatoms. The minimum absolute atomic E-state index is 0.0298. The van der Waals surface area contributed by atoms with Crippen LogP contribution in [-0.4, -0.2) is 201 Å². The quantitative estimate of drug-likeness (QED) is 0.0835. The van der Waals surface area contributed by atoms with Gasteiger partial charge in [0, 0.05) is 95.6 Å². The topological polar surface area (TPSA) is 212 Å². The molecule has 0 radical (unpaired) electrons. The van der Waals surface area contributed by atoms with Crippen LogP contribution in [0.2, 0.25) is 0 Å². The first-order valence-corrected chi connectivity index (χ1v) is 30.9. The molecule has 2 spiro atoms. The van der Waals surface area contributed by atoms with Crippen molar-refractivity contribution in [3.8, 4) is 0 Å². The number of aromatic nitrogens is 2. The Labute approximate surface area is 494 Å². The van der Waals surface area contributed by atoms with E-state index in [2.05, 4.69) is 87.4 Å². The van der Waals surface area contributed by atoms with Crippen LogP contribution in [0.15, 0.2) is 48.8 Å². The van der Waals surface area contributed by atoms with E-state index in [0.717, 1.165) is 102 Å². The number of fused-ring (bicyclic) bond motifs is 1. The van der Waals surface area contributed by atoms with Gasteiger partial charge >= 0.3 is 0 Å². The van der Waals surface area contributed by atoms with Gasteiger partial charge in [-0.25, -0.2) is 18.7 Å². The molecule has 7 aliphatic rings. The van der Waals surface area contributed by atoms with Crippen LogP contribution >= 0.6 is 0 Å². The second-order valence-electron chi connectivity index (χ2n) is 26.0. The molecule has 6 fully saturated rings. The molecule has 6 saturated heterocycles. The number of likely N-dealkylation sites (tertiary alicyclic amines) is 4. The van der Waals surface area contributed by atoms with Crippen LogP contribution in [0.5, 0.6) is 0 Å². The van der Waals surface area contributed by atoms with E-state index in [4.69, 9.17) is 4.74 Å². The Balaban J connectivity index is 0.621. The molecule has 1 aliphatic carbocycles. The van der Waals surface area contributed by atoms with Gasteiger partial charge in [0.15, 0.2) is 0 Å². The van der Waals surface area contributed by atoms with Crippen molar-refractivity contribution in [2.24, 2.45) is 10.8 Å². The standard InChI is InChI=1S/C62H90F2N14O6/c1-42(65-5)57(81)69-43(2)59(83)78-36-46(32-52(78)58(82)71-50-12-8-10-44-9-6-7-11-47(44)50)70-55(79)13-21-74-24-16-61(38-74)17-25-75(39-61)28-30-84-29-20-66-53-34-54(68-41-67-53)76-26-18-62(19-27-76)40-77(37-56(80)72-62)51-33-48(63)45(31-49(51)64)35-73-22-14-60(3,4)15-23-73/h6-7,9,11,31,33-34,41-43,46,50,52,65H,8,10,12-30,32,35-40H2,1-5H3,(H,69,81)(H,70,79)(H,71,82)(H,72,80)(H,66,67,68)/t42-,43-,46?,50-,52-,61-/m0/s1. The highest BCUT2D eigenvalue weighted by atomic mass is 19.1. The molecule has 20 nitrogen and oxygen atoms in total. The summed E-state index contributed by atoms with van der Waals surface area (Å²) in [5.41, 5.74) is 2.67. The van der Waals surface area contributed by atoms with Gasteiger partial charge in [-0.05, 0) is 139 Å². The summed E-state index contributed by atoms with van der Waals surface area (Å²) in [7, 11) is 1.68. The molecule has 0 bridgehead atoms.